The van der Waals surface area contributed by atoms with E-state index in [1.165, 1.54) is 18.6 Å². The third kappa shape index (κ3) is 2.43. The van der Waals surface area contributed by atoms with Crippen molar-refractivity contribution in [1.82, 2.24) is 10.2 Å². The second-order valence-corrected chi connectivity index (χ2v) is 5.82. The second kappa shape index (κ2) is 5.50. The fourth-order valence-corrected chi connectivity index (χ4v) is 3.34. The van der Waals surface area contributed by atoms with Crippen LogP contribution in [0.4, 0.5) is 0 Å². The molecule has 4 N–H and O–H groups in total. The van der Waals surface area contributed by atoms with Crippen LogP contribution in [-0.2, 0) is 0 Å². The van der Waals surface area contributed by atoms with Crippen molar-refractivity contribution >= 4 is 0 Å². The first kappa shape index (κ1) is 13.5. The van der Waals surface area contributed by atoms with E-state index in [2.05, 4.69) is 10.2 Å². The van der Waals surface area contributed by atoms with Gasteiger partial charge >= 0.3 is 0 Å². The zero-order valence-electron chi connectivity index (χ0n) is 11.5. The predicted molar refractivity (Wildman–Crippen MR) is 76.0 cm³/mol. The summed E-state index contributed by atoms with van der Waals surface area (Å²) in [4.78, 5) is 2.34. The molecule has 110 valence electrons. The van der Waals surface area contributed by atoms with Crippen LogP contribution in [0.15, 0.2) is 12.1 Å². The molecule has 0 bridgehead atoms. The van der Waals surface area contributed by atoms with Gasteiger partial charge < -0.3 is 20.6 Å². The minimum Gasteiger partial charge on any atom is -0.508 e. The molecule has 0 amide bonds. The lowest BCUT2D eigenvalue weighted by atomic mass is 9.75. The predicted octanol–water partition coefficient (Wildman–Crippen LogP) is 1.55. The van der Waals surface area contributed by atoms with Crippen molar-refractivity contribution in [2.24, 2.45) is 5.92 Å². The Morgan fingerprint density at radius 1 is 1.05 bits per heavy atom. The first-order valence-corrected chi connectivity index (χ1v) is 7.36. The maximum Gasteiger partial charge on any atom is 0.127 e. The Labute approximate surface area is 118 Å². The number of piperazine rings is 1. The van der Waals surface area contributed by atoms with Crippen LogP contribution in [0, 0.1) is 5.92 Å². The van der Waals surface area contributed by atoms with Crippen LogP contribution in [0.3, 0.4) is 0 Å². The van der Waals surface area contributed by atoms with E-state index in [-0.39, 0.29) is 23.3 Å². The summed E-state index contributed by atoms with van der Waals surface area (Å²) in [6, 6.07) is 2.69. The van der Waals surface area contributed by atoms with E-state index in [1.54, 1.807) is 0 Å². The molecule has 1 aliphatic heterocycles. The summed E-state index contributed by atoms with van der Waals surface area (Å²) in [6.45, 7) is 3.70. The van der Waals surface area contributed by atoms with Gasteiger partial charge in [-0.1, -0.05) is 6.42 Å². The molecule has 1 saturated carbocycles. The van der Waals surface area contributed by atoms with Gasteiger partial charge in [-0.2, -0.15) is 0 Å². The monoisotopic (exact) mass is 278 g/mol. The normalized spacial score (nSPS) is 22.4. The van der Waals surface area contributed by atoms with Crippen LogP contribution in [0.2, 0.25) is 0 Å². The van der Waals surface area contributed by atoms with Crippen LogP contribution >= 0.6 is 0 Å². The Kier molecular flexibility index (Phi) is 3.72. The molecule has 0 radical (unpaired) electrons. The third-order valence-corrected chi connectivity index (χ3v) is 4.56. The highest BCUT2D eigenvalue weighted by atomic mass is 16.3. The lowest BCUT2D eigenvalue weighted by molar-refractivity contribution is 0.0800. The van der Waals surface area contributed by atoms with Gasteiger partial charge in [0.05, 0.1) is 5.56 Å². The van der Waals surface area contributed by atoms with Crippen molar-refractivity contribution in [2.75, 3.05) is 26.2 Å². The van der Waals surface area contributed by atoms with Gasteiger partial charge in [0.2, 0.25) is 0 Å². The Morgan fingerprint density at radius 2 is 1.65 bits per heavy atom. The lowest BCUT2D eigenvalue weighted by Crippen LogP contribution is -2.47. The van der Waals surface area contributed by atoms with Crippen LogP contribution in [0.1, 0.15) is 30.9 Å². The molecule has 5 heteroatoms. The van der Waals surface area contributed by atoms with Crippen molar-refractivity contribution in [1.29, 1.82) is 0 Å². The van der Waals surface area contributed by atoms with Crippen LogP contribution in [0.25, 0.3) is 0 Å². The van der Waals surface area contributed by atoms with Gasteiger partial charge in [-0.3, -0.25) is 4.90 Å². The van der Waals surface area contributed by atoms with Crippen LogP contribution in [0.5, 0.6) is 17.2 Å². The van der Waals surface area contributed by atoms with Gasteiger partial charge in [-0.15, -0.1) is 0 Å². The van der Waals surface area contributed by atoms with Gasteiger partial charge in [0.1, 0.15) is 17.2 Å². The second-order valence-electron chi connectivity index (χ2n) is 5.82. The summed E-state index contributed by atoms with van der Waals surface area (Å²) in [7, 11) is 0. The highest BCUT2D eigenvalue weighted by Gasteiger charge is 2.36. The van der Waals surface area contributed by atoms with E-state index in [1.807, 2.05) is 0 Å². The molecule has 1 aliphatic carbocycles. The molecular weight excluding hydrogens is 256 g/mol. The molecule has 2 fully saturated rings. The Hall–Kier alpha value is -1.46. The van der Waals surface area contributed by atoms with E-state index in [0.29, 0.717) is 11.5 Å². The van der Waals surface area contributed by atoms with E-state index in [0.717, 1.165) is 39.0 Å². The topological polar surface area (TPSA) is 76.0 Å². The molecule has 5 nitrogen and oxygen atoms in total. The summed E-state index contributed by atoms with van der Waals surface area (Å²) in [5, 5.41) is 33.2. The van der Waals surface area contributed by atoms with Crippen LogP contribution < -0.4 is 5.32 Å². The largest absolute Gasteiger partial charge is 0.508 e. The number of nitrogens with zero attached hydrogens (tertiary/aromatic N) is 1. The maximum absolute atomic E-state index is 10.2. The molecule has 1 aromatic carbocycles. The first-order chi connectivity index (χ1) is 9.66. The summed E-state index contributed by atoms with van der Waals surface area (Å²) in [6.07, 6.45) is 3.48. The Bertz CT molecular complexity index is 459. The molecule has 0 aromatic heterocycles. The summed E-state index contributed by atoms with van der Waals surface area (Å²) >= 11 is 0. The summed E-state index contributed by atoms with van der Waals surface area (Å²) in [5.41, 5.74) is 0.578. The number of benzene rings is 1. The number of phenolic OH excluding ortho intramolecular Hbond substituents is 3. The minimum absolute atomic E-state index is 0.00191. The molecule has 0 spiro atoms. The zero-order valence-corrected chi connectivity index (χ0v) is 11.5. The van der Waals surface area contributed by atoms with Crippen molar-refractivity contribution < 1.29 is 15.3 Å². The number of hydrogen-bond donors (Lipinski definition) is 4. The quantitative estimate of drug-likeness (QED) is 0.675. The lowest BCUT2D eigenvalue weighted by Gasteiger charge is -2.43. The van der Waals surface area contributed by atoms with E-state index in [4.69, 9.17) is 0 Å². The standard InChI is InChI=1S/C15H22N2O3/c18-11-8-12(19)14(13(20)9-11)15(10-2-1-3-10)17-6-4-16-5-7-17/h8-10,15-16,18-20H,1-7H2/t15-/m0/s1. The average Bonchev–Trinajstić information content (AvgIpc) is 2.35. The first-order valence-electron chi connectivity index (χ1n) is 7.36. The van der Waals surface area contributed by atoms with Crippen molar-refractivity contribution in [3.05, 3.63) is 17.7 Å². The molecule has 1 aromatic rings. The van der Waals surface area contributed by atoms with E-state index < -0.39 is 0 Å². The number of hydrogen-bond acceptors (Lipinski definition) is 5. The summed E-state index contributed by atoms with van der Waals surface area (Å²) in [5.74, 6) is 0.377. The fourth-order valence-electron chi connectivity index (χ4n) is 3.34. The van der Waals surface area contributed by atoms with Gasteiger partial charge in [-0.05, 0) is 18.8 Å². The molecule has 1 heterocycles. The number of phenols is 3. The third-order valence-electron chi connectivity index (χ3n) is 4.56. The molecule has 2 aliphatic rings. The Morgan fingerprint density at radius 3 is 2.15 bits per heavy atom. The van der Waals surface area contributed by atoms with Crippen LogP contribution in [-0.4, -0.2) is 46.4 Å². The van der Waals surface area contributed by atoms with Gasteiger partial charge in [0.15, 0.2) is 0 Å². The van der Waals surface area contributed by atoms with Gasteiger partial charge in [0.25, 0.3) is 0 Å². The van der Waals surface area contributed by atoms with Crippen molar-refractivity contribution in [3.8, 4) is 17.2 Å². The van der Waals surface area contributed by atoms with E-state index >= 15 is 0 Å². The smallest absolute Gasteiger partial charge is 0.127 e. The van der Waals surface area contributed by atoms with Crippen molar-refractivity contribution in [3.63, 3.8) is 0 Å². The van der Waals surface area contributed by atoms with Gasteiger partial charge in [-0.25, -0.2) is 0 Å². The molecule has 0 unspecified atom stereocenters. The highest BCUT2D eigenvalue weighted by Crippen LogP contribution is 2.48. The SMILES string of the molecule is Oc1cc(O)c([C@H](C2CCC2)N2CCNCC2)c(O)c1. The minimum atomic E-state index is -0.101. The molecule has 3 rings (SSSR count). The van der Waals surface area contributed by atoms with Crippen molar-refractivity contribution in [2.45, 2.75) is 25.3 Å². The molecular formula is C15H22N2O3. The summed E-state index contributed by atoms with van der Waals surface area (Å²) < 4.78 is 0. The zero-order chi connectivity index (χ0) is 14.1. The average molecular weight is 278 g/mol. The maximum atomic E-state index is 10.2. The van der Waals surface area contributed by atoms with Gasteiger partial charge in [0, 0.05) is 44.4 Å². The van der Waals surface area contributed by atoms with E-state index in [9.17, 15) is 15.3 Å². The molecule has 20 heavy (non-hydrogen) atoms. The fraction of sp³-hybridized carbons (Fsp3) is 0.600. The molecule has 1 atom stereocenters. The number of nitrogens with one attached hydrogen (secondary N) is 1. The molecule has 1 saturated heterocycles. The number of aromatic hydroxyl groups is 3. The Balaban J connectivity index is 1.96. The number of rotatable bonds is 3. The highest BCUT2D eigenvalue weighted by molar-refractivity contribution is 5.50.